The molecule has 5 heteroatoms. The Labute approximate surface area is 134 Å². The van der Waals surface area contributed by atoms with Crippen LogP contribution in [0.4, 0.5) is 0 Å². The zero-order valence-corrected chi connectivity index (χ0v) is 13.3. The molecule has 0 bridgehead atoms. The van der Waals surface area contributed by atoms with Crippen molar-refractivity contribution in [3.05, 3.63) is 39.7 Å². The van der Waals surface area contributed by atoms with Crippen molar-refractivity contribution in [1.29, 1.82) is 0 Å². The van der Waals surface area contributed by atoms with Crippen LogP contribution < -0.4 is 10.4 Å². The van der Waals surface area contributed by atoms with Gasteiger partial charge in [-0.15, -0.1) is 0 Å². The maximum atomic E-state index is 12.1. The average molecular weight is 318 g/mol. The number of aliphatic hydroxyl groups is 1. The number of hydrogen-bond acceptors (Lipinski definition) is 5. The molecule has 0 saturated heterocycles. The molecule has 5 nitrogen and oxygen atoms in total. The van der Waals surface area contributed by atoms with Crippen LogP contribution in [0.3, 0.4) is 0 Å². The summed E-state index contributed by atoms with van der Waals surface area (Å²) in [5, 5.41) is 10.7. The normalized spacial score (nSPS) is 15.4. The van der Waals surface area contributed by atoms with Crippen molar-refractivity contribution >= 4 is 11.0 Å². The molecule has 0 fully saturated rings. The fourth-order valence-electron chi connectivity index (χ4n) is 3.07. The largest absolute Gasteiger partial charge is 0.490 e. The van der Waals surface area contributed by atoms with Crippen LogP contribution in [-0.4, -0.2) is 31.0 Å². The fraction of sp³-hybridized carbons (Fsp3) is 0.500. The molecule has 1 N–H and O–H groups in total. The van der Waals surface area contributed by atoms with Gasteiger partial charge in [-0.3, -0.25) is 0 Å². The monoisotopic (exact) mass is 318 g/mol. The van der Waals surface area contributed by atoms with Gasteiger partial charge in [0.1, 0.15) is 24.0 Å². The molecule has 0 radical (unpaired) electrons. The number of rotatable bonds is 6. The Kier molecular flexibility index (Phi) is 4.98. The SMILES string of the molecule is CCOCC(O)COc1cccc2oc(=O)c3c(c12)CCCC3. The summed E-state index contributed by atoms with van der Waals surface area (Å²) in [6, 6.07) is 5.43. The predicted octanol–water partition coefficient (Wildman–Crippen LogP) is 2.45. The number of fused-ring (bicyclic) bond motifs is 3. The molecule has 0 amide bonds. The minimum Gasteiger partial charge on any atom is -0.490 e. The van der Waals surface area contributed by atoms with E-state index >= 15 is 0 Å². The van der Waals surface area contributed by atoms with E-state index in [0.717, 1.165) is 42.2 Å². The van der Waals surface area contributed by atoms with Crippen molar-refractivity contribution in [2.75, 3.05) is 19.8 Å². The van der Waals surface area contributed by atoms with E-state index in [1.54, 1.807) is 12.1 Å². The third-order valence-corrected chi connectivity index (χ3v) is 4.15. The van der Waals surface area contributed by atoms with E-state index in [9.17, 15) is 9.90 Å². The molecule has 1 aliphatic carbocycles. The maximum absolute atomic E-state index is 12.1. The highest BCUT2D eigenvalue weighted by molar-refractivity contribution is 5.87. The molecule has 1 heterocycles. The molecule has 1 atom stereocenters. The highest BCUT2D eigenvalue weighted by Crippen LogP contribution is 2.33. The minimum atomic E-state index is -0.684. The van der Waals surface area contributed by atoms with Crippen LogP contribution in [-0.2, 0) is 17.6 Å². The van der Waals surface area contributed by atoms with E-state index in [0.29, 0.717) is 17.9 Å². The lowest BCUT2D eigenvalue weighted by Gasteiger charge is -2.19. The topological polar surface area (TPSA) is 68.9 Å². The number of aryl methyl sites for hydroxylation is 1. The summed E-state index contributed by atoms with van der Waals surface area (Å²) < 4.78 is 16.4. The highest BCUT2D eigenvalue weighted by Gasteiger charge is 2.20. The molecule has 1 aromatic heterocycles. The lowest BCUT2D eigenvalue weighted by atomic mass is 9.90. The van der Waals surface area contributed by atoms with Crippen LogP contribution in [0.1, 0.15) is 30.9 Å². The van der Waals surface area contributed by atoms with E-state index in [1.165, 1.54) is 0 Å². The van der Waals surface area contributed by atoms with Gasteiger partial charge in [-0.1, -0.05) is 6.07 Å². The molecule has 0 spiro atoms. The van der Waals surface area contributed by atoms with E-state index in [4.69, 9.17) is 13.9 Å². The quantitative estimate of drug-likeness (QED) is 0.829. The Hall–Kier alpha value is -1.85. The van der Waals surface area contributed by atoms with Gasteiger partial charge < -0.3 is 19.0 Å². The lowest BCUT2D eigenvalue weighted by Crippen LogP contribution is -2.23. The molecule has 0 aliphatic heterocycles. The van der Waals surface area contributed by atoms with Gasteiger partial charge in [-0.2, -0.15) is 0 Å². The van der Waals surface area contributed by atoms with Crippen LogP contribution in [0.2, 0.25) is 0 Å². The first kappa shape index (κ1) is 16.0. The number of aliphatic hydroxyl groups excluding tert-OH is 1. The average Bonchev–Trinajstić information content (AvgIpc) is 2.58. The molecule has 2 aromatic rings. The molecule has 1 aromatic carbocycles. The molecular weight excluding hydrogens is 296 g/mol. The van der Waals surface area contributed by atoms with Crippen LogP contribution >= 0.6 is 0 Å². The Bertz CT molecular complexity index is 734. The van der Waals surface area contributed by atoms with Crippen molar-refractivity contribution in [2.24, 2.45) is 0 Å². The molecule has 1 aliphatic rings. The highest BCUT2D eigenvalue weighted by atomic mass is 16.5. The van der Waals surface area contributed by atoms with E-state index in [1.807, 2.05) is 13.0 Å². The minimum absolute atomic E-state index is 0.146. The number of ether oxygens (including phenoxy) is 2. The van der Waals surface area contributed by atoms with Crippen molar-refractivity contribution in [3.63, 3.8) is 0 Å². The zero-order valence-electron chi connectivity index (χ0n) is 13.3. The summed E-state index contributed by atoms with van der Waals surface area (Å²) in [5.41, 5.74) is 2.13. The summed E-state index contributed by atoms with van der Waals surface area (Å²) in [4.78, 5) is 12.1. The standard InChI is InChI=1S/C18H22O5/c1-2-21-10-12(19)11-22-15-8-5-9-16-17(15)13-6-3-4-7-14(13)18(20)23-16/h5,8-9,12,19H,2-4,6-7,10-11H2,1H3. The van der Waals surface area contributed by atoms with E-state index in [-0.39, 0.29) is 18.8 Å². The number of hydrogen-bond donors (Lipinski definition) is 1. The lowest BCUT2D eigenvalue weighted by molar-refractivity contribution is 0.0167. The summed E-state index contributed by atoms with van der Waals surface area (Å²) >= 11 is 0. The molecule has 1 unspecified atom stereocenters. The Balaban J connectivity index is 1.93. The second-order valence-electron chi connectivity index (χ2n) is 5.81. The fourth-order valence-corrected chi connectivity index (χ4v) is 3.07. The first-order valence-corrected chi connectivity index (χ1v) is 8.17. The second kappa shape index (κ2) is 7.15. The summed E-state index contributed by atoms with van der Waals surface area (Å²) in [5.74, 6) is 0.653. The Morgan fingerprint density at radius 1 is 1.22 bits per heavy atom. The van der Waals surface area contributed by atoms with Crippen molar-refractivity contribution in [2.45, 2.75) is 38.7 Å². The van der Waals surface area contributed by atoms with Crippen molar-refractivity contribution in [3.8, 4) is 5.75 Å². The van der Waals surface area contributed by atoms with Gasteiger partial charge >= 0.3 is 5.63 Å². The third-order valence-electron chi connectivity index (χ3n) is 4.15. The van der Waals surface area contributed by atoms with Gasteiger partial charge in [0.2, 0.25) is 0 Å². The summed E-state index contributed by atoms with van der Waals surface area (Å²) in [7, 11) is 0. The molecular formula is C18H22O5. The molecule has 0 saturated carbocycles. The van der Waals surface area contributed by atoms with E-state index in [2.05, 4.69) is 0 Å². The maximum Gasteiger partial charge on any atom is 0.339 e. The van der Waals surface area contributed by atoms with Gasteiger partial charge in [0, 0.05) is 12.2 Å². The number of benzene rings is 1. The first-order valence-electron chi connectivity index (χ1n) is 8.17. The van der Waals surface area contributed by atoms with Gasteiger partial charge in [0.15, 0.2) is 0 Å². The second-order valence-corrected chi connectivity index (χ2v) is 5.81. The van der Waals surface area contributed by atoms with Crippen LogP contribution in [0.25, 0.3) is 11.0 Å². The summed E-state index contributed by atoms with van der Waals surface area (Å²) in [6.07, 6.45) is 3.01. The predicted molar refractivity (Wildman–Crippen MR) is 87.1 cm³/mol. The molecule has 124 valence electrons. The van der Waals surface area contributed by atoms with E-state index < -0.39 is 6.10 Å². The van der Waals surface area contributed by atoms with Gasteiger partial charge in [0.25, 0.3) is 0 Å². The molecule has 3 rings (SSSR count). The Morgan fingerprint density at radius 3 is 2.78 bits per heavy atom. The Morgan fingerprint density at radius 2 is 2.00 bits per heavy atom. The van der Waals surface area contributed by atoms with Gasteiger partial charge in [0.05, 0.1) is 12.0 Å². The van der Waals surface area contributed by atoms with Gasteiger partial charge in [-0.05, 0) is 50.3 Å². The van der Waals surface area contributed by atoms with Crippen LogP contribution in [0.15, 0.2) is 27.4 Å². The first-order chi connectivity index (χ1) is 11.2. The van der Waals surface area contributed by atoms with Crippen LogP contribution in [0, 0.1) is 0 Å². The summed E-state index contributed by atoms with van der Waals surface area (Å²) in [6.45, 7) is 2.83. The smallest absolute Gasteiger partial charge is 0.339 e. The van der Waals surface area contributed by atoms with Crippen molar-refractivity contribution < 1.29 is 19.0 Å². The third kappa shape index (κ3) is 3.41. The zero-order chi connectivity index (χ0) is 16.2. The van der Waals surface area contributed by atoms with Crippen molar-refractivity contribution in [1.82, 2.24) is 0 Å². The van der Waals surface area contributed by atoms with Crippen LogP contribution in [0.5, 0.6) is 5.75 Å². The van der Waals surface area contributed by atoms with Gasteiger partial charge in [-0.25, -0.2) is 4.79 Å². The molecule has 23 heavy (non-hydrogen) atoms.